The van der Waals surface area contributed by atoms with Crippen molar-refractivity contribution < 1.29 is 15.0 Å². The van der Waals surface area contributed by atoms with Crippen molar-refractivity contribution in [2.75, 3.05) is 18.9 Å². The summed E-state index contributed by atoms with van der Waals surface area (Å²) in [7, 11) is 0. The Hall–Kier alpha value is -1.59. The van der Waals surface area contributed by atoms with Crippen LogP contribution >= 0.6 is 0 Å². The van der Waals surface area contributed by atoms with Crippen LogP contribution in [0.15, 0.2) is 24.3 Å². The second-order valence-electron chi connectivity index (χ2n) is 3.99. The Labute approximate surface area is 100 Å². The zero-order valence-corrected chi connectivity index (χ0v) is 9.81. The van der Waals surface area contributed by atoms with E-state index < -0.39 is 11.4 Å². The molecule has 0 atom stereocenters. The molecule has 5 nitrogen and oxygen atoms in total. The number of nitrogens with one attached hydrogen (secondary N) is 1. The monoisotopic (exact) mass is 238 g/mol. The highest BCUT2D eigenvalue weighted by molar-refractivity contribution is 5.99. The van der Waals surface area contributed by atoms with Crippen LogP contribution in [-0.2, 0) is 0 Å². The van der Waals surface area contributed by atoms with E-state index in [1.54, 1.807) is 31.2 Å². The van der Waals surface area contributed by atoms with Crippen molar-refractivity contribution in [1.29, 1.82) is 0 Å². The number of carbonyl (C=O) groups is 1. The maximum Gasteiger partial charge on any atom is 0.253 e. The lowest BCUT2D eigenvalue weighted by molar-refractivity contribution is 0.0653. The number of aliphatic hydroxyl groups is 2. The predicted octanol–water partition coefficient (Wildman–Crippen LogP) is 0.132. The van der Waals surface area contributed by atoms with Gasteiger partial charge in [-0.05, 0) is 18.6 Å². The Morgan fingerprint density at radius 3 is 2.41 bits per heavy atom. The summed E-state index contributed by atoms with van der Waals surface area (Å²) in [6.07, 6.45) is 0.429. The molecule has 5 heteroatoms. The molecule has 0 aliphatic carbocycles. The standard InChI is InChI=1S/C12H18N2O3/c1-2-12(7-15,8-16)14-11(17)9-5-3-4-6-10(9)13/h3-6,15-16H,2,7-8,13H2,1H3,(H,14,17). The topological polar surface area (TPSA) is 95.6 Å². The van der Waals surface area contributed by atoms with Crippen LogP contribution in [0.1, 0.15) is 23.7 Å². The summed E-state index contributed by atoms with van der Waals surface area (Å²) in [5.41, 5.74) is 5.38. The van der Waals surface area contributed by atoms with Crippen molar-refractivity contribution in [3.05, 3.63) is 29.8 Å². The summed E-state index contributed by atoms with van der Waals surface area (Å²) < 4.78 is 0. The first kappa shape index (κ1) is 13.5. The fourth-order valence-electron chi connectivity index (χ4n) is 1.45. The summed E-state index contributed by atoms with van der Waals surface area (Å²) in [5.74, 6) is -0.395. The molecule has 94 valence electrons. The van der Waals surface area contributed by atoms with Gasteiger partial charge in [0.1, 0.15) is 0 Å². The van der Waals surface area contributed by atoms with Gasteiger partial charge in [-0.25, -0.2) is 0 Å². The molecule has 1 aromatic carbocycles. The number of nitrogen functional groups attached to an aromatic ring is 1. The van der Waals surface area contributed by atoms with Crippen molar-refractivity contribution in [2.45, 2.75) is 18.9 Å². The Morgan fingerprint density at radius 1 is 1.35 bits per heavy atom. The van der Waals surface area contributed by atoms with E-state index in [2.05, 4.69) is 5.32 Å². The Bertz CT molecular complexity index is 381. The molecule has 0 aliphatic rings. The fraction of sp³-hybridized carbons (Fsp3) is 0.417. The second-order valence-corrected chi connectivity index (χ2v) is 3.99. The van der Waals surface area contributed by atoms with Crippen molar-refractivity contribution in [1.82, 2.24) is 5.32 Å². The molecule has 0 aliphatic heterocycles. The van der Waals surface area contributed by atoms with Crippen LogP contribution in [0.2, 0.25) is 0 Å². The number of aliphatic hydroxyl groups excluding tert-OH is 2. The molecule has 0 aromatic heterocycles. The van der Waals surface area contributed by atoms with Gasteiger partial charge in [0, 0.05) is 5.69 Å². The number of amides is 1. The molecular formula is C12H18N2O3. The lowest BCUT2D eigenvalue weighted by Crippen LogP contribution is -2.53. The lowest BCUT2D eigenvalue weighted by atomic mass is 9.97. The number of nitrogens with two attached hydrogens (primary N) is 1. The molecule has 0 saturated heterocycles. The highest BCUT2D eigenvalue weighted by Crippen LogP contribution is 2.14. The van der Waals surface area contributed by atoms with E-state index in [0.717, 1.165) is 0 Å². The van der Waals surface area contributed by atoms with Crippen molar-refractivity contribution >= 4 is 11.6 Å². The third kappa shape index (κ3) is 2.95. The van der Waals surface area contributed by atoms with E-state index in [4.69, 9.17) is 5.73 Å². The molecule has 1 aromatic rings. The molecule has 0 fully saturated rings. The van der Waals surface area contributed by atoms with Crippen LogP contribution in [0, 0.1) is 0 Å². The van der Waals surface area contributed by atoms with E-state index in [-0.39, 0.29) is 13.2 Å². The van der Waals surface area contributed by atoms with Gasteiger partial charge in [0.2, 0.25) is 0 Å². The molecular weight excluding hydrogens is 220 g/mol. The van der Waals surface area contributed by atoms with Crippen molar-refractivity contribution in [3.63, 3.8) is 0 Å². The van der Waals surface area contributed by atoms with E-state index in [1.165, 1.54) is 0 Å². The summed E-state index contributed by atoms with van der Waals surface area (Å²) in [4.78, 5) is 11.9. The first-order chi connectivity index (χ1) is 8.08. The van der Waals surface area contributed by atoms with E-state index in [9.17, 15) is 15.0 Å². The molecule has 0 saturated carbocycles. The molecule has 0 unspecified atom stereocenters. The maximum absolute atomic E-state index is 11.9. The zero-order chi connectivity index (χ0) is 12.9. The summed E-state index contributed by atoms with van der Waals surface area (Å²) >= 11 is 0. The average Bonchev–Trinajstić information content (AvgIpc) is 2.36. The van der Waals surface area contributed by atoms with E-state index >= 15 is 0 Å². The number of hydrogen-bond acceptors (Lipinski definition) is 4. The molecule has 1 amide bonds. The third-order valence-corrected chi connectivity index (χ3v) is 2.87. The van der Waals surface area contributed by atoms with E-state index in [0.29, 0.717) is 17.7 Å². The van der Waals surface area contributed by atoms with Gasteiger partial charge >= 0.3 is 0 Å². The summed E-state index contributed by atoms with van der Waals surface area (Å²) in [5, 5.41) is 21.1. The van der Waals surface area contributed by atoms with Gasteiger partial charge in [-0.15, -0.1) is 0 Å². The van der Waals surface area contributed by atoms with Gasteiger partial charge in [-0.1, -0.05) is 19.1 Å². The summed E-state index contributed by atoms with van der Waals surface area (Å²) in [6.45, 7) is 1.14. The number of carbonyl (C=O) groups excluding carboxylic acids is 1. The minimum Gasteiger partial charge on any atom is -0.398 e. The smallest absolute Gasteiger partial charge is 0.253 e. The minimum atomic E-state index is -1.00. The number of benzene rings is 1. The molecule has 17 heavy (non-hydrogen) atoms. The average molecular weight is 238 g/mol. The number of hydrogen-bond donors (Lipinski definition) is 4. The van der Waals surface area contributed by atoms with Crippen LogP contribution in [0.5, 0.6) is 0 Å². The first-order valence-corrected chi connectivity index (χ1v) is 5.47. The number of para-hydroxylation sites is 1. The Morgan fingerprint density at radius 2 is 1.94 bits per heavy atom. The van der Waals surface area contributed by atoms with Crippen LogP contribution in [0.25, 0.3) is 0 Å². The van der Waals surface area contributed by atoms with Crippen LogP contribution in [-0.4, -0.2) is 34.9 Å². The molecule has 0 spiro atoms. The predicted molar refractivity (Wildman–Crippen MR) is 65.5 cm³/mol. The quantitative estimate of drug-likeness (QED) is 0.548. The molecule has 5 N–H and O–H groups in total. The van der Waals surface area contributed by atoms with Crippen LogP contribution in [0.4, 0.5) is 5.69 Å². The largest absolute Gasteiger partial charge is 0.398 e. The second kappa shape index (κ2) is 5.65. The van der Waals surface area contributed by atoms with Crippen molar-refractivity contribution in [2.24, 2.45) is 0 Å². The summed E-state index contributed by atoms with van der Waals surface area (Å²) in [6, 6.07) is 6.66. The van der Waals surface area contributed by atoms with Gasteiger partial charge in [0.15, 0.2) is 0 Å². The van der Waals surface area contributed by atoms with Gasteiger partial charge in [0.25, 0.3) is 5.91 Å². The van der Waals surface area contributed by atoms with Gasteiger partial charge in [-0.3, -0.25) is 4.79 Å². The lowest BCUT2D eigenvalue weighted by Gasteiger charge is -2.29. The van der Waals surface area contributed by atoms with Gasteiger partial charge in [0.05, 0.1) is 24.3 Å². The van der Waals surface area contributed by atoms with Gasteiger partial charge < -0.3 is 21.3 Å². The molecule has 0 heterocycles. The molecule has 0 radical (unpaired) electrons. The first-order valence-electron chi connectivity index (χ1n) is 5.47. The van der Waals surface area contributed by atoms with Crippen LogP contribution in [0.3, 0.4) is 0 Å². The van der Waals surface area contributed by atoms with Crippen LogP contribution < -0.4 is 11.1 Å². The minimum absolute atomic E-state index is 0.321. The Balaban J connectivity index is 2.89. The van der Waals surface area contributed by atoms with E-state index in [1.807, 2.05) is 0 Å². The normalized spacial score (nSPS) is 11.2. The SMILES string of the molecule is CCC(CO)(CO)NC(=O)c1ccccc1N. The number of rotatable bonds is 5. The fourth-order valence-corrected chi connectivity index (χ4v) is 1.45. The number of anilines is 1. The highest BCUT2D eigenvalue weighted by atomic mass is 16.3. The molecule has 0 bridgehead atoms. The third-order valence-electron chi connectivity index (χ3n) is 2.87. The highest BCUT2D eigenvalue weighted by Gasteiger charge is 2.29. The molecule has 1 rings (SSSR count). The maximum atomic E-state index is 11.9. The Kier molecular flexibility index (Phi) is 4.48. The van der Waals surface area contributed by atoms with Crippen molar-refractivity contribution in [3.8, 4) is 0 Å². The zero-order valence-electron chi connectivity index (χ0n) is 9.81. The van der Waals surface area contributed by atoms with Gasteiger partial charge in [-0.2, -0.15) is 0 Å².